The highest BCUT2D eigenvalue weighted by molar-refractivity contribution is 7.21. The number of pyridine rings is 1. The normalized spacial score (nSPS) is 24.4. The largest absolute Gasteiger partial charge is 0.390 e. The van der Waals surface area contributed by atoms with E-state index in [1.165, 1.54) is 22.7 Å². The lowest BCUT2D eigenvalue weighted by molar-refractivity contribution is -0.136. The molecule has 0 radical (unpaired) electrons. The van der Waals surface area contributed by atoms with E-state index in [0.717, 1.165) is 45.0 Å². The Morgan fingerprint density at radius 3 is 2.51 bits per heavy atom. The molecular weight excluding hydrogens is 466 g/mol. The predicted molar refractivity (Wildman–Crippen MR) is 135 cm³/mol. The van der Waals surface area contributed by atoms with Crippen LogP contribution in [-0.4, -0.2) is 79.3 Å². The second-order valence-electron chi connectivity index (χ2n) is 9.70. The molecule has 11 heteroatoms. The number of anilines is 2. The van der Waals surface area contributed by atoms with Gasteiger partial charge in [-0.2, -0.15) is 4.98 Å². The first-order chi connectivity index (χ1) is 16.7. The first kappa shape index (κ1) is 23.8. The molecule has 4 atom stereocenters. The van der Waals surface area contributed by atoms with Gasteiger partial charge in [0.05, 0.1) is 39.7 Å². The third-order valence-electron chi connectivity index (χ3n) is 6.99. The van der Waals surface area contributed by atoms with Gasteiger partial charge < -0.3 is 25.7 Å². The molecule has 2 aliphatic carbocycles. The van der Waals surface area contributed by atoms with Crippen LogP contribution in [0.4, 0.5) is 11.8 Å². The Hall–Kier alpha value is -2.89. The molecule has 186 valence electrons. The summed E-state index contributed by atoms with van der Waals surface area (Å²) in [5.41, 5.74) is 3.18. The molecule has 3 aromatic rings. The quantitative estimate of drug-likeness (QED) is 0.404. The summed E-state index contributed by atoms with van der Waals surface area (Å²) in [4.78, 5) is 32.7. The van der Waals surface area contributed by atoms with E-state index in [1.54, 1.807) is 20.3 Å². The van der Waals surface area contributed by atoms with Crippen molar-refractivity contribution < 1.29 is 15.0 Å². The first-order valence-corrected chi connectivity index (χ1v) is 12.8. The smallest absolute Gasteiger partial charge is 0.227 e. The number of aromatic nitrogens is 4. The molecule has 3 aromatic heterocycles. The molecule has 2 fully saturated rings. The lowest BCUT2D eigenvalue weighted by Crippen LogP contribution is -2.38. The van der Waals surface area contributed by atoms with E-state index in [-0.39, 0.29) is 12.3 Å². The molecule has 35 heavy (non-hydrogen) atoms. The first-order valence-electron chi connectivity index (χ1n) is 11.9. The molecule has 5 rings (SSSR count). The summed E-state index contributed by atoms with van der Waals surface area (Å²) in [5.74, 6) is 0.151. The second kappa shape index (κ2) is 9.29. The van der Waals surface area contributed by atoms with Crippen LogP contribution >= 0.6 is 11.3 Å². The number of aryl methyl sites for hydroxylation is 2. The number of nitrogens with zero attached hydrogens (tertiary/aromatic N) is 5. The lowest BCUT2D eigenvalue weighted by atomic mass is 9.93. The van der Waals surface area contributed by atoms with Crippen LogP contribution in [0.15, 0.2) is 12.3 Å². The van der Waals surface area contributed by atoms with Crippen LogP contribution in [0.3, 0.4) is 0 Å². The molecule has 0 aliphatic heterocycles. The number of hydrogen-bond acceptors (Lipinski definition) is 10. The van der Waals surface area contributed by atoms with E-state index < -0.39 is 24.2 Å². The Kier molecular flexibility index (Phi) is 6.32. The van der Waals surface area contributed by atoms with Crippen molar-refractivity contribution in [2.24, 2.45) is 5.92 Å². The Balaban J connectivity index is 1.53. The van der Waals surface area contributed by atoms with Crippen LogP contribution in [0.2, 0.25) is 0 Å². The summed E-state index contributed by atoms with van der Waals surface area (Å²) in [6.45, 7) is 3.85. The van der Waals surface area contributed by atoms with Crippen molar-refractivity contribution in [3.05, 3.63) is 23.7 Å². The van der Waals surface area contributed by atoms with Gasteiger partial charge in [-0.15, -0.1) is 11.3 Å². The van der Waals surface area contributed by atoms with Gasteiger partial charge in [-0.3, -0.25) is 9.78 Å². The molecule has 0 unspecified atom stereocenters. The summed E-state index contributed by atoms with van der Waals surface area (Å²) in [6, 6.07) is 1.74. The summed E-state index contributed by atoms with van der Waals surface area (Å²) in [5, 5.41) is 28.9. The number of nitrogens with one attached hydrogen (secondary N) is 2. The molecule has 0 aromatic carbocycles. The van der Waals surface area contributed by atoms with Gasteiger partial charge in [0.15, 0.2) is 0 Å². The zero-order valence-electron chi connectivity index (χ0n) is 20.3. The number of hydrogen-bond donors (Lipinski definition) is 4. The molecule has 0 bridgehead atoms. The number of thiazole rings is 1. The Morgan fingerprint density at radius 2 is 1.86 bits per heavy atom. The molecule has 2 saturated carbocycles. The Morgan fingerprint density at radius 1 is 1.09 bits per heavy atom. The number of aliphatic hydroxyl groups is 2. The van der Waals surface area contributed by atoms with Crippen molar-refractivity contribution in [2.45, 2.75) is 63.8 Å². The SMILES string of the molecule is Cc1nc(NC2CCC2)nc(N[C@@H]2C[C@H](C(=O)N(C)C)[C@@H](O)[C@H]2O)c1-c1nc2c(C)nccc2s1. The van der Waals surface area contributed by atoms with E-state index >= 15 is 0 Å². The summed E-state index contributed by atoms with van der Waals surface area (Å²) >= 11 is 1.53. The summed E-state index contributed by atoms with van der Waals surface area (Å²) in [7, 11) is 3.30. The van der Waals surface area contributed by atoms with E-state index in [1.807, 2.05) is 19.9 Å². The number of fused-ring (bicyclic) bond motifs is 1. The highest BCUT2D eigenvalue weighted by atomic mass is 32.1. The van der Waals surface area contributed by atoms with Crippen molar-refractivity contribution in [1.29, 1.82) is 0 Å². The number of carbonyl (C=O) groups excluding carboxylic acids is 1. The zero-order chi connectivity index (χ0) is 24.9. The molecule has 1 amide bonds. The van der Waals surface area contributed by atoms with Gasteiger partial charge in [-0.25, -0.2) is 9.97 Å². The third-order valence-corrected chi connectivity index (χ3v) is 8.03. The van der Waals surface area contributed by atoms with E-state index in [9.17, 15) is 15.0 Å². The fraction of sp³-hybridized carbons (Fsp3) is 0.542. The van der Waals surface area contributed by atoms with Gasteiger partial charge in [0.1, 0.15) is 22.4 Å². The average Bonchev–Trinajstić information content (AvgIpc) is 3.33. The molecular formula is C24H31N7O3S. The molecule has 10 nitrogen and oxygen atoms in total. The average molecular weight is 498 g/mol. The van der Waals surface area contributed by atoms with Gasteiger partial charge in [0.2, 0.25) is 11.9 Å². The maximum Gasteiger partial charge on any atom is 0.227 e. The van der Waals surface area contributed by atoms with Crippen molar-refractivity contribution in [2.75, 3.05) is 24.7 Å². The lowest BCUT2D eigenvalue weighted by Gasteiger charge is -2.27. The van der Waals surface area contributed by atoms with Crippen LogP contribution in [0.5, 0.6) is 0 Å². The monoisotopic (exact) mass is 497 g/mol. The maximum atomic E-state index is 12.6. The number of aliphatic hydroxyl groups excluding tert-OH is 2. The van der Waals surface area contributed by atoms with Crippen molar-refractivity contribution in [1.82, 2.24) is 24.8 Å². The van der Waals surface area contributed by atoms with Crippen LogP contribution in [0.1, 0.15) is 37.1 Å². The number of amides is 1. The Labute approximate surface area is 207 Å². The molecule has 0 saturated heterocycles. The Bertz CT molecular complexity index is 1260. The van der Waals surface area contributed by atoms with Gasteiger partial charge in [-0.1, -0.05) is 0 Å². The number of rotatable bonds is 6. The van der Waals surface area contributed by atoms with Gasteiger partial charge >= 0.3 is 0 Å². The maximum absolute atomic E-state index is 12.6. The van der Waals surface area contributed by atoms with E-state index in [0.29, 0.717) is 17.8 Å². The highest BCUT2D eigenvalue weighted by Gasteiger charge is 2.46. The standard InChI is InChI=1S/C24H31N7O3S/c1-11-17(22-29-18-12(2)25-9-8-16(18)35-22)21(30-24(26-11)27-13-6-5-7-13)28-15-10-14(19(32)20(15)33)23(34)31(3)4/h8-9,13-15,19-20,32-33H,5-7,10H2,1-4H3,(H2,26,27,28,30)/t14-,15+,19+,20-/m0/s1. The minimum absolute atomic E-state index is 0.207. The minimum Gasteiger partial charge on any atom is -0.390 e. The van der Waals surface area contributed by atoms with Crippen molar-refractivity contribution in [3.8, 4) is 10.6 Å². The van der Waals surface area contributed by atoms with Crippen molar-refractivity contribution >= 4 is 39.2 Å². The topological polar surface area (TPSA) is 136 Å². The fourth-order valence-corrected chi connectivity index (χ4v) is 5.86. The van der Waals surface area contributed by atoms with E-state index in [2.05, 4.69) is 15.6 Å². The van der Waals surface area contributed by atoms with E-state index in [4.69, 9.17) is 15.0 Å². The predicted octanol–water partition coefficient (Wildman–Crippen LogP) is 2.34. The van der Waals surface area contributed by atoms with Gasteiger partial charge in [0.25, 0.3) is 0 Å². The molecule has 0 spiro atoms. The highest BCUT2D eigenvalue weighted by Crippen LogP contribution is 2.39. The zero-order valence-corrected chi connectivity index (χ0v) is 21.1. The minimum atomic E-state index is -1.16. The van der Waals surface area contributed by atoms with Crippen LogP contribution in [0, 0.1) is 19.8 Å². The number of carbonyl (C=O) groups is 1. The molecule has 2 aliphatic rings. The molecule has 3 heterocycles. The molecule has 4 N–H and O–H groups in total. The van der Waals surface area contributed by atoms with Crippen LogP contribution < -0.4 is 10.6 Å². The summed E-state index contributed by atoms with van der Waals surface area (Å²) < 4.78 is 1.02. The van der Waals surface area contributed by atoms with Crippen molar-refractivity contribution in [3.63, 3.8) is 0 Å². The van der Waals surface area contributed by atoms with Gasteiger partial charge in [-0.05, 0) is 45.6 Å². The fourth-order valence-electron chi connectivity index (χ4n) is 4.75. The van der Waals surface area contributed by atoms with Crippen LogP contribution in [0.25, 0.3) is 20.8 Å². The second-order valence-corrected chi connectivity index (χ2v) is 10.7. The van der Waals surface area contributed by atoms with Crippen LogP contribution in [-0.2, 0) is 4.79 Å². The van der Waals surface area contributed by atoms with Gasteiger partial charge in [0, 0.05) is 26.3 Å². The third kappa shape index (κ3) is 4.43. The summed E-state index contributed by atoms with van der Waals surface area (Å²) in [6.07, 6.45) is 3.14.